The molecule has 0 bridgehead atoms. The highest BCUT2D eigenvalue weighted by atomic mass is 15.1. The Kier molecular flexibility index (Phi) is 1.45. The van der Waals surface area contributed by atoms with E-state index in [1.165, 1.54) is 12.8 Å². The number of nitrogens with zero attached hydrogens (tertiary/aromatic N) is 1. The molecule has 3 rings (SSSR count). The summed E-state index contributed by atoms with van der Waals surface area (Å²) >= 11 is 0. The van der Waals surface area contributed by atoms with Crippen LogP contribution in [0.1, 0.15) is 12.8 Å². The van der Waals surface area contributed by atoms with E-state index in [0.29, 0.717) is 6.04 Å². The minimum Gasteiger partial charge on any atom is -0.380 e. The fourth-order valence-electron chi connectivity index (χ4n) is 1.89. The lowest BCUT2D eigenvalue weighted by molar-refractivity contribution is 0.649. The molecular weight excluding hydrogens is 162 g/mol. The van der Waals surface area contributed by atoms with Crippen molar-refractivity contribution >= 4 is 11.5 Å². The molecule has 1 aliphatic heterocycles. The Morgan fingerprint density at radius 2 is 2.31 bits per heavy atom. The third kappa shape index (κ3) is 1.24. The molecule has 1 unspecified atom stereocenters. The Morgan fingerprint density at radius 3 is 3.15 bits per heavy atom. The second kappa shape index (κ2) is 2.62. The maximum absolute atomic E-state index is 4.31. The van der Waals surface area contributed by atoms with E-state index in [0.717, 1.165) is 24.0 Å². The molecular formula is C10H13N3. The molecule has 1 aliphatic carbocycles. The number of anilines is 2. The van der Waals surface area contributed by atoms with Gasteiger partial charge >= 0.3 is 0 Å². The first kappa shape index (κ1) is 7.18. The van der Waals surface area contributed by atoms with Gasteiger partial charge in [0.05, 0.1) is 5.69 Å². The summed E-state index contributed by atoms with van der Waals surface area (Å²) in [6.07, 6.45) is 4.59. The number of hydrogen-bond donors (Lipinski definition) is 2. The number of hydrogen-bond acceptors (Lipinski definition) is 3. The second-order valence-electron chi connectivity index (χ2n) is 3.87. The molecule has 0 saturated heterocycles. The smallest absolute Gasteiger partial charge is 0.149 e. The predicted molar refractivity (Wildman–Crippen MR) is 52.9 cm³/mol. The predicted octanol–water partition coefficient (Wildman–Crippen LogP) is 1.70. The van der Waals surface area contributed by atoms with Crippen molar-refractivity contribution in [2.24, 2.45) is 5.92 Å². The van der Waals surface area contributed by atoms with Crippen LogP contribution in [0.4, 0.5) is 11.5 Å². The van der Waals surface area contributed by atoms with Gasteiger partial charge in [0.1, 0.15) is 5.82 Å². The Bertz CT molecular complexity index is 320. The van der Waals surface area contributed by atoms with Gasteiger partial charge in [0, 0.05) is 18.8 Å². The molecule has 0 spiro atoms. The van der Waals surface area contributed by atoms with E-state index in [-0.39, 0.29) is 0 Å². The summed E-state index contributed by atoms with van der Waals surface area (Å²) < 4.78 is 0. The van der Waals surface area contributed by atoms with Crippen LogP contribution in [-0.4, -0.2) is 17.6 Å². The summed E-state index contributed by atoms with van der Waals surface area (Å²) in [5.74, 6) is 1.90. The summed E-state index contributed by atoms with van der Waals surface area (Å²) in [7, 11) is 0. The summed E-state index contributed by atoms with van der Waals surface area (Å²) in [4.78, 5) is 4.31. The van der Waals surface area contributed by atoms with Crippen molar-refractivity contribution in [3.8, 4) is 0 Å². The van der Waals surface area contributed by atoms with Crippen LogP contribution in [0.25, 0.3) is 0 Å². The number of nitrogens with one attached hydrogen (secondary N) is 2. The van der Waals surface area contributed by atoms with Crippen molar-refractivity contribution in [1.82, 2.24) is 4.98 Å². The zero-order valence-electron chi connectivity index (χ0n) is 7.46. The van der Waals surface area contributed by atoms with Crippen LogP contribution in [0, 0.1) is 5.92 Å². The normalized spacial score (nSPS) is 25.7. The molecule has 1 fully saturated rings. The third-order valence-electron chi connectivity index (χ3n) is 2.83. The van der Waals surface area contributed by atoms with Gasteiger partial charge in [-0.3, -0.25) is 0 Å². The van der Waals surface area contributed by atoms with Gasteiger partial charge in [0.25, 0.3) is 0 Å². The third-order valence-corrected chi connectivity index (χ3v) is 2.83. The molecule has 1 atom stereocenters. The lowest BCUT2D eigenvalue weighted by Crippen LogP contribution is -2.35. The van der Waals surface area contributed by atoms with Crippen molar-refractivity contribution in [1.29, 1.82) is 0 Å². The highest BCUT2D eigenvalue weighted by Gasteiger charge is 2.33. The molecule has 1 aromatic heterocycles. The highest BCUT2D eigenvalue weighted by Crippen LogP contribution is 2.36. The lowest BCUT2D eigenvalue weighted by atomic mass is 10.1. The van der Waals surface area contributed by atoms with Gasteiger partial charge in [-0.05, 0) is 30.9 Å². The monoisotopic (exact) mass is 175 g/mol. The summed E-state index contributed by atoms with van der Waals surface area (Å²) in [5.41, 5.74) is 1.14. The molecule has 2 aliphatic rings. The SMILES string of the molecule is c1cnc2c(c1)NCC(C1CC1)N2. The van der Waals surface area contributed by atoms with E-state index in [9.17, 15) is 0 Å². The van der Waals surface area contributed by atoms with E-state index in [1.54, 1.807) is 0 Å². The minimum absolute atomic E-state index is 0.599. The molecule has 3 heteroatoms. The van der Waals surface area contributed by atoms with Gasteiger partial charge in [-0.25, -0.2) is 4.98 Å². The maximum atomic E-state index is 4.31. The van der Waals surface area contributed by atoms with Gasteiger partial charge in [-0.2, -0.15) is 0 Å². The van der Waals surface area contributed by atoms with E-state index in [2.05, 4.69) is 21.7 Å². The Hall–Kier alpha value is -1.25. The number of pyridine rings is 1. The Morgan fingerprint density at radius 1 is 1.38 bits per heavy atom. The summed E-state index contributed by atoms with van der Waals surface area (Å²) in [5, 5.41) is 6.89. The molecule has 3 nitrogen and oxygen atoms in total. The molecule has 1 aromatic rings. The van der Waals surface area contributed by atoms with Crippen molar-refractivity contribution in [2.45, 2.75) is 18.9 Å². The van der Waals surface area contributed by atoms with Gasteiger partial charge in [-0.15, -0.1) is 0 Å². The molecule has 2 N–H and O–H groups in total. The molecule has 68 valence electrons. The van der Waals surface area contributed by atoms with Crippen LogP contribution >= 0.6 is 0 Å². The average Bonchev–Trinajstić information content (AvgIpc) is 3.00. The number of rotatable bonds is 1. The zero-order chi connectivity index (χ0) is 8.67. The molecule has 0 aromatic carbocycles. The van der Waals surface area contributed by atoms with E-state index in [1.807, 2.05) is 12.3 Å². The van der Waals surface area contributed by atoms with Crippen molar-refractivity contribution in [3.05, 3.63) is 18.3 Å². The number of aromatic nitrogens is 1. The van der Waals surface area contributed by atoms with Crippen LogP contribution in [-0.2, 0) is 0 Å². The topological polar surface area (TPSA) is 37.0 Å². The standard InChI is InChI=1S/C10H13N3/c1-2-8-10(11-5-1)13-9(6-12-8)7-3-4-7/h1-2,5,7,9,12H,3-4,6H2,(H,11,13). The van der Waals surface area contributed by atoms with Crippen LogP contribution < -0.4 is 10.6 Å². The van der Waals surface area contributed by atoms with Crippen LogP contribution in [0.15, 0.2) is 18.3 Å². The van der Waals surface area contributed by atoms with Crippen LogP contribution in [0.3, 0.4) is 0 Å². The molecule has 1 saturated carbocycles. The molecule has 13 heavy (non-hydrogen) atoms. The van der Waals surface area contributed by atoms with E-state index in [4.69, 9.17) is 0 Å². The van der Waals surface area contributed by atoms with Crippen molar-refractivity contribution in [2.75, 3.05) is 17.2 Å². The fourth-order valence-corrected chi connectivity index (χ4v) is 1.89. The van der Waals surface area contributed by atoms with Gasteiger partial charge in [0.15, 0.2) is 0 Å². The number of fused-ring (bicyclic) bond motifs is 1. The lowest BCUT2D eigenvalue weighted by Gasteiger charge is -2.27. The Balaban J connectivity index is 1.85. The maximum Gasteiger partial charge on any atom is 0.149 e. The minimum atomic E-state index is 0.599. The largest absolute Gasteiger partial charge is 0.380 e. The Labute approximate surface area is 77.6 Å². The first-order valence-electron chi connectivity index (χ1n) is 4.89. The zero-order valence-corrected chi connectivity index (χ0v) is 7.46. The first-order chi connectivity index (χ1) is 6.43. The van der Waals surface area contributed by atoms with E-state index < -0.39 is 0 Å². The highest BCUT2D eigenvalue weighted by molar-refractivity contribution is 5.66. The van der Waals surface area contributed by atoms with Crippen LogP contribution in [0.5, 0.6) is 0 Å². The van der Waals surface area contributed by atoms with Gasteiger partial charge < -0.3 is 10.6 Å². The average molecular weight is 175 g/mol. The van der Waals surface area contributed by atoms with E-state index >= 15 is 0 Å². The van der Waals surface area contributed by atoms with Crippen molar-refractivity contribution < 1.29 is 0 Å². The quantitative estimate of drug-likeness (QED) is 0.682. The molecule has 0 radical (unpaired) electrons. The van der Waals surface area contributed by atoms with Gasteiger partial charge in [-0.1, -0.05) is 0 Å². The molecule has 0 amide bonds. The summed E-state index contributed by atoms with van der Waals surface area (Å²) in [6.45, 7) is 1.04. The molecule has 2 heterocycles. The first-order valence-corrected chi connectivity index (χ1v) is 4.89. The van der Waals surface area contributed by atoms with Gasteiger partial charge in [0.2, 0.25) is 0 Å². The van der Waals surface area contributed by atoms with Crippen LogP contribution in [0.2, 0.25) is 0 Å². The second-order valence-corrected chi connectivity index (χ2v) is 3.87. The van der Waals surface area contributed by atoms with Crippen molar-refractivity contribution in [3.63, 3.8) is 0 Å². The summed E-state index contributed by atoms with van der Waals surface area (Å²) in [6, 6.07) is 4.63. The fraction of sp³-hybridized carbons (Fsp3) is 0.500.